The second-order valence-electron chi connectivity index (χ2n) is 5.10. The molecule has 0 spiro atoms. The van der Waals surface area contributed by atoms with Crippen LogP contribution in [0.1, 0.15) is 39.1 Å². The van der Waals surface area contributed by atoms with Gasteiger partial charge in [0.2, 0.25) is 0 Å². The Kier molecular flexibility index (Phi) is 4.46. The van der Waals surface area contributed by atoms with Crippen molar-refractivity contribution in [2.45, 2.75) is 39.7 Å². The Labute approximate surface area is 118 Å². The standard InChI is InChI=1S/C15H20ClFN2/c1-4-10(2)11(3)19-14-9-12(17)5-6-13(14)18-15(19)7-8-16/h5-6,9-11H,4,7-8H2,1-3H3. The molecule has 0 saturated carbocycles. The van der Waals surface area contributed by atoms with Crippen LogP contribution in [-0.4, -0.2) is 15.4 Å². The lowest BCUT2D eigenvalue weighted by molar-refractivity contribution is 0.369. The molecule has 1 aromatic carbocycles. The smallest absolute Gasteiger partial charge is 0.125 e. The Morgan fingerprint density at radius 1 is 1.37 bits per heavy atom. The maximum Gasteiger partial charge on any atom is 0.125 e. The van der Waals surface area contributed by atoms with Gasteiger partial charge in [-0.15, -0.1) is 11.6 Å². The highest BCUT2D eigenvalue weighted by atomic mass is 35.5. The van der Waals surface area contributed by atoms with Gasteiger partial charge in [0.1, 0.15) is 11.6 Å². The molecule has 0 fully saturated rings. The molecule has 2 unspecified atom stereocenters. The van der Waals surface area contributed by atoms with E-state index in [0.29, 0.717) is 18.2 Å². The van der Waals surface area contributed by atoms with Crippen LogP contribution in [0.25, 0.3) is 11.0 Å². The molecule has 1 aromatic heterocycles. The van der Waals surface area contributed by atoms with E-state index in [4.69, 9.17) is 11.6 Å². The first-order valence-electron chi connectivity index (χ1n) is 6.80. The van der Waals surface area contributed by atoms with E-state index in [9.17, 15) is 4.39 Å². The largest absolute Gasteiger partial charge is 0.325 e. The molecule has 4 heteroatoms. The molecule has 2 atom stereocenters. The van der Waals surface area contributed by atoms with E-state index in [2.05, 4.69) is 30.3 Å². The van der Waals surface area contributed by atoms with Crippen LogP contribution in [0.15, 0.2) is 18.2 Å². The Morgan fingerprint density at radius 3 is 2.74 bits per heavy atom. The number of aromatic nitrogens is 2. The van der Waals surface area contributed by atoms with Crippen molar-refractivity contribution < 1.29 is 4.39 Å². The minimum absolute atomic E-state index is 0.220. The maximum absolute atomic E-state index is 13.5. The Morgan fingerprint density at radius 2 is 2.11 bits per heavy atom. The summed E-state index contributed by atoms with van der Waals surface area (Å²) in [5, 5.41) is 0. The molecule has 0 bridgehead atoms. The topological polar surface area (TPSA) is 17.8 Å². The summed E-state index contributed by atoms with van der Waals surface area (Å²) in [6, 6.07) is 5.05. The molecule has 1 heterocycles. The number of aryl methyl sites for hydroxylation is 1. The molecule has 0 amide bonds. The molecule has 0 saturated heterocycles. The first-order chi connectivity index (χ1) is 9.08. The van der Waals surface area contributed by atoms with Crippen molar-refractivity contribution in [2.75, 3.05) is 5.88 Å². The van der Waals surface area contributed by atoms with Crippen molar-refractivity contribution in [3.63, 3.8) is 0 Å². The van der Waals surface area contributed by atoms with E-state index < -0.39 is 0 Å². The fraction of sp³-hybridized carbons (Fsp3) is 0.533. The predicted molar refractivity (Wildman–Crippen MR) is 78.3 cm³/mol. The Balaban J connectivity index is 2.59. The van der Waals surface area contributed by atoms with Gasteiger partial charge in [0.25, 0.3) is 0 Å². The normalized spacial score (nSPS) is 14.8. The highest BCUT2D eigenvalue weighted by Crippen LogP contribution is 2.28. The van der Waals surface area contributed by atoms with E-state index in [1.165, 1.54) is 6.07 Å². The van der Waals surface area contributed by atoms with Crippen molar-refractivity contribution in [2.24, 2.45) is 5.92 Å². The fourth-order valence-electron chi connectivity index (χ4n) is 2.43. The van der Waals surface area contributed by atoms with Gasteiger partial charge in [-0.2, -0.15) is 0 Å². The van der Waals surface area contributed by atoms with E-state index in [1.54, 1.807) is 12.1 Å². The van der Waals surface area contributed by atoms with Gasteiger partial charge in [0.15, 0.2) is 0 Å². The number of imidazole rings is 1. The van der Waals surface area contributed by atoms with E-state index in [1.807, 2.05) is 0 Å². The average Bonchev–Trinajstić information content (AvgIpc) is 2.74. The molecule has 2 rings (SSSR count). The zero-order valence-corrected chi connectivity index (χ0v) is 12.4. The van der Waals surface area contributed by atoms with E-state index >= 15 is 0 Å². The summed E-state index contributed by atoms with van der Waals surface area (Å²) in [7, 11) is 0. The lowest BCUT2D eigenvalue weighted by Crippen LogP contribution is -2.16. The Bertz CT molecular complexity index is 565. The van der Waals surface area contributed by atoms with Gasteiger partial charge in [-0.3, -0.25) is 0 Å². The van der Waals surface area contributed by atoms with Crippen LogP contribution in [-0.2, 0) is 6.42 Å². The second-order valence-corrected chi connectivity index (χ2v) is 5.47. The number of hydrogen-bond donors (Lipinski definition) is 0. The van der Waals surface area contributed by atoms with Gasteiger partial charge >= 0.3 is 0 Å². The lowest BCUT2D eigenvalue weighted by Gasteiger charge is -2.23. The maximum atomic E-state index is 13.5. The SMILES string of the molecule is CCC(C)C(C)n1c(CCCl)nc2ccc(F)cc21. The molecular formula is C15H20ClFN2. The van der Waals surface area contributed by atoms with Crippen LogP contribution < -0.4 is 0 Å². The molecule has 0 N–H and O–H groups in total. The van der Waals surface area contributed by atoms with Gasteiger partial charge < -0.3 is 4.57 Å². The molecular weight excluding hydrogens is 263 g/mol. The predicted octanol–water partition coefficient (Wildman–Crippen LogP) is 4.56. The van der Waals surface area contributed by atoms with Crippen LogP contribution in [0, 0.1) is 11.7 Å². The number of rotatable bonds is 5. The number of hydrogen-bond acceptors (Lipinski definition) is 1. The minimum atomic E-state index is -0.220. The van der Waals surface area contributed by atoms with Crippen molar-refractivity contribution in [3.05, 3.63) is 29.8 Å². The minimum Gasteiger partial charge on any atom is -0.325 e. The van der Waals surface area contributed by atoms with Crippen LogP contribution >= 0.6 is 11.6 Å². The van der Waals surface area contributed by atoms with Crippen LogP contribution in [0.3, 0.4) is 0 Å². The van der Waals surface area contributed by atoms with Crippen molar-refractivity contribution in [3.8, 4) is 0 Å². The molecule has 0 aliphatic heterocycles. The summed E-state index contributed by atoms with van der Waals surface area (Å²) >= 11 is 5.86. The lowest BCUT2D eigenvalue weighted by atomic mass is 10.0. The van der Waals surface area contributed by atoms with Gasteiger partial charge in [-0.05, 0) is 31.0 Å². The van der Waals surface area contributed by atoms with Crippen molar-refractivity contribution >= 4 is 22.6 Å². The molecule has 2 aromatic rings. The quantitative estimate of drug-likeness (QED) is 0.735. The van der Waals surface area contributed by atoms with Crippen LogP contribution in [0.5, 0.6) is 0 Å². The van der Waals surface area contributed by atoms with Gasteiger partial charge in [-0.25, -0.2) is 9.37 Å². The summed E-state index contributed by atoms with van der Waals surface area (Å²) in [6.07, 6.45) is 1.79. The van der Waals surface area contributed by atoms with Gasteiger partial charge in [0, 0.05) is 18.3 Å². The Hall–Kier alpha value is -1.09. The van der Waals surface area contributed by atoms with Crippen molar-refractivity contribution in [1.82, 2.24) is 9.55 Å². The van der Waals surface area contributed by atoms with E-state index in [-0.39, 0.29) is 11.9 Å². The zero-order chi connectivity index (χ0) is 14.0. The summed E-state index contributed by atoms with van der Waals surface area (Å²) in [5.41, 5.74) is 1.71. The van der Waals surface area contributed by atoms with Gasteiger partial charge in [-0.1, -0.05) is 20.3 Å². The van der Waals surface area contributed by atoms with Crippen LogP contribution in [0.4, 0.5) is 4.39 Å². The fourth-order valence-corrected chi connectivity index (χ4v) is 2.60. The third kappa shape index (κ3) is 2.76. The molecule has 2 nitrogen and oxygen atoms in total. The number of fused-ring (bicyclic) bond motifs is 1. The summed E-state index contributed by atoms with van der Waals surface area (Å²) in [6.45, 7) is 6.54. The summed E-state index contributed by atoms with van der Waals surface area (Å²) < 4.78 is 15.6. The van der Waals surface area contributed by atoms with Crippen LogP contribution in [0.2, 0.25) is 0 Å². The number of nitrogens with zero attached hydrogens (tertiary/aromatic N) is 2. The van der Waals surface area contributed by atoms with Gasteiger partial charge in [0.05, 0.1) is 11.0 Å². The monoisotopic (exact) mass is 282 g/mol. The third-order valence-electron chi connectivity index (χ3n) is 3.92. The second kappa shape index (κ2) is 5.91. The first-order valence-corrected chi connectivity index (χ1v) is 7.34. The number of benzene rings is 1. The molecule has 19 heavy (non-hydrogen) atoms. The average molecular weight is 283 g/mol. The summed E-state index contributed by atoms with van der Waals surface area (Å²) in [4.78, 5) is 4.59. The zero-order valence-electron chi connectivity index (χ0n) is 11.7. The molecule has 104 valence electrons. The van der Waals surface area contributed by atoms with E-state index in [0.717, 1.165) is 23.3 Å². The number of alkyl halides is 1. The molecule has 0 aliphatic carbocycles. The van der Waals surface area contributed by atoms with Crippen molar-refractivity contribution in [1.29, 1.82) is 0 Å². The number of halogens is 2. The highest BCUT2D eigenvalue weighted by molar-refractivity contribution is 6.17. The third-order valence-corrected chi connectivity index (χ3v) is 4.11. The highest BCUT2D eigenvalue weighted by Gasteiger charge is 2.19. The first kappa shape index (κ1) is 14.3. The summed E-state index contributed by atoms with van der Waals surface area (Å²) in [5.74, 6) is 1.76. The molecule has 0 aliphatic rings. The molecule has 0 radical (unpaired) electrons.